The molecule has 2 rings (SSSR count). The summed E-state index contributed by atoms with van der Waals surface area (Å²) in [4.78, 5) is 12.5. The molecule has 1 aromatic carbocycles. The fraction of sp³-hybridized carbons (Fsp3) is 0.562. The van der Waals surface area contributed by atoms with Crippen LogP contribution in [-0.2, 0) is 27.4 Å². The maximum absolute atomic E-state index is 12.5. The van der Waals surface area contributed by atoms with Crippen LogP contribution in [0.25, 0.3) is 0 Å². The number of benzene rings is 1. The summed E-state index contributed by atoms with van der Waals surface area (Å²) in [7, 11) is 1.67. The molecule has 116 valence electrons. The molecule has 0 aromatic heterocycles. The molecule has 0 radical (unpaired) electrons. The van der Waals surface area contributed by atoms with E-state index in [0.717, 1.165) is 11.1 Å². The maximum Gasteiger partial charge on any atom is 0.227 e. The van der Waals surface area contributed by atoms with Crippen molar-refractivity contribution in [2.75, 3.05) is 26.9 Å². The highest BCUT2D eigenvalue weighted by Gasteiger charge is 2.38. The van der Waals surface area contributed by atoms with Crippen molar-refractivity contribution in [2.24, 2.45) is 11.1 Å². The molecule has 0 unspecified atom stereocenters. The summed E-state index contributed by atoms with van der Waals surface area (Å²) in [6.45, 7) is 2.67. The molecule has 5 nitrogen and oxygen atoms in total. The number of carbonyl (C=O) groups excluding carboxylic acids is 1. The van der Waals surface area contributed by atoms with E-state index in [-0.39, 0.29) is 5.91 Å². The van der Waals surface area contributed by atoms with Crippen LogP contribution in [0.5, 0.6) is 0 Å². The summed E-state index contributed by atoms with van der Waals surface area (Å²) in [6, 6.07) is 8.03. The highest BCUT2D eigenvalue weighted by molar-refractivity contribution is 5.83. The fourth-order valence-electron chi connectivity index (χ4n) is 2.65. The normalized spacial score (nSPS) is 17.4. The van der Waals surface area contributed by atoms with Gasteiger partial charge in [-0.2, -0.15) is 0 Å². The van der Waals surface area contributed by atoms with Crippen molar-refractivity contribution in [3.8, 4) is 0 Å². The molecule has 0 bridgehead atoms. The highest BCUT2D eigenvalue weighted by Crippen LogP contribution is 2.29. The molecule has 3 N–H and O–H groups in total. The number of carbonyl (C=O) groups is 1. The topological polar surface area (TPSA) is 73.6 Å². The highest BCUT2D eigenvalue weighted by atomic mass is 16.5. The van der Waals surface area contributed by atoms with Crippen LogP contribution in [0.3, 0.4) is 0 Å². The third-order valence-corrected chi connectivity index (χ3v) is 4.08. The SMILES string of the molecule is COCc1cccc(CNC(=O)C2(CN)CCOCC2)c1. The van der Waals surface area contributed by atoms with E-state index in [1.165, 1.54) is 0 Å². The average Bonchev–Trinajstić information content (AvgIpc) is 2.54. The molecule has 21 heavy (non-hydrogen) atoms. The summed E-state index contributed by atoms with van der Waals surface area (Å²) < 4.78 is 10.5. The zero-order chi connectivity index (χ0) is 15.1. The lowest BCUT2D eigenvalue weighted by Gasteiger charge is -2.34. The Balaban J connectivity index is 1.95. The van der Waals surface area contributed by atoms with Gasteiger partial charge < -0.3 is 20.5 Å². The first kappa shape index (κ1) is 15.9. The number of amides is 1. The van der Waals surface area contributed by atoms with Crippen LogP contribution in [0.2, 0.25) is 0 Å². The molecular weight excluding hydrogens is 268 g/mol. The van der Waals surface area contributed by atoms with Crippen LogP contribution < -0.4 is 11.1 Å². The Morgan fingerprint density at radius 1 is 1.38 bits per heavy atom. The molecule has 1 saturated heterocycles. The quantitative estimate of drug-likeness (QED) is 0.826. The monoisotopic (exact) mass is 292 g/mol. The Morgan fingerprint density at radius 2 is 2.10 bits per heavy atom. The zero-order valence-electron chi connectivity index (χ0n) is 12.6. The average molecular weight is 292 g/mol. The number of nitrogens with one attached hydrogen (secondary N) is 1. The Bertz CT molecular complexity index is 470. The summed E-state index contributed by atoms with van der Waals surface area (Å²) in [5.41, 5.74) is 7.54. The van der Waals surface area contributed by atoms with Gasteiger partial charge in [-0.3, -0.25) is 4.79 Å². The summed E-state index contributed by atoms with van der Waals surface area (Å²) in [6.07, 6.45) is 1.39. The number of hydrogen-bond donors (Lipinski definition) is 2. The summed E-state index contributed by atoms with van der Waals surface area (Å²) >= 11 is 0. The van der Waals surface area contributed by atoms with E-state index < -0.39 is 5.41 Å². The predicted molar refractivity (Wildman–Crippen MR) is 80.5 cm³/mol. The Labute approximate surface area is 125 Å². The van der Waals surface area contributed by atoms with E-state index >= 15 is 0 Å². The lowest BCUT2D eigenvalue weighted by molar-refractivity contribution is -0.136. The zero-order valence-corrected chi connectivity index (χ0v) is 12.6. The first-order valence-electron chi connectivity index (χ1n) is 7.33. The standard InChI is InChI=1S/C16H24N2O3/c1-20-11-14-4-2-3-13(9-14)10-18-15(19)16(12-17)5-7-21-8-6-16/h2-4,9H,5-8,10-12,17H2,1H3,(H,18,19). The number of ether oxygens (including phenoxy) is 2. The molecule has 5 heteroatoms. The molecule has 0 spiro atoms. The molecule has 1 aromatic rings. The van der Waals surface area contributed by atoms with E-state index in [1.807, 2.05) is 24.3 Å². The van der Waals surface area contributed by atoms with Crippen LogP contribution in [0, 0.1) is 5.41 Å². The molecular formula is C16H24N2O3. The second-order valence-electron chi connectivity index (χ2n) is 5.53. The van der Waals surface area contributed by atoms with Crippen molar-refractivity contribution in [1.82, 2.24) is 5.32 Å². The van der Waals surface area contributed by atoms with Crippen molar-refractivity contribution in [1.29, 1.82) is 0 Å². The Morgan fingerprint density at radius 3 is 2.76 bits per heavy atom. The lowest BCUT2D eigenvalue weighted by Crippen LogP contribution is -2.48. The molecule has 1 fully saturated rings. The minimum Gasteiger partial charge on any atom is -0.381 e. The first-order valence-corrected chi connectivity index (χ1v) is 7.33. The van der Waals surface area contributed by atoms with Crippen molar-refractivity contribution >= 4 is 5.91 Å². The van der Waals surface area contributed by atoms with Gasteiger partial charge in [0.25, 0.3) is 0 Å². The minimum absolute atomic E-state index is 0.0328. The minimum atomic E-state index is -0.470. The van der Waals surface area contributed by atoms with Gasteiger partial charge in [-0.1, -0.05) is 24.3 Å². The van der Waals surface area contributed by atoms with Gasteiger partial charge in [-0.05, 0) is 24.0 Å². The second-order valence-corrected chi connectivity index (χ2v) is 5.53. The van der Waals surface area contributed by atoms with Crippen LogP contribution in [-0.4, -0.2) is 32.8 Å². The van der Waals surface area contributed by atoms with Crippen LogP contribution >= 0.6 is 0 Å². The molecule has 1 heterocycles. The molecule has 1 aliphatic rings. The second kappa shape index (κ2) is 7.54. The van der Waals surface area contributed by atoms with E-state index in [4.69, 9.17) is 15.2 Å². The van der Waals surface area contributed by atoms with Crippen molar-refractivity contribution in [3.05, 3.63) is 35.4 Å². The number of nitrogens with two attached hydrogens (primary N) is 1. The van der Waals surface area contributed by atoms with E-state index in [1.54, 1.807) is 7.11 Å². The van der Waals surface area contributed by atoms with E-state index in [9.17, 15) is 4.79 Å². The van der Waals surface area contributed by atoms with Gasteiger partial charge in [0.05, 0.1) is 12.0 Å². The Hall–Kier alpha value is -1.43. The first-order chi connectivity index (χ1) is 10.2. The molecule has 0 aliphatic carbocycles. The van der Waals surface area contributed by atoms with Crippen LogP contribution in [0.15, 0.2) is 24.3 Å². The molecule has 1 aliphatic heterocycles. The van der Waals surface area contributed by atoms with E-state index in [0.29, 0.717) is 45.8 Å². The third kappa shape index (κ3) is 4.03. The smallest absolute Gasteiger partial charge is 0.227 e. The molecule has 0 atom stereocenters. The van der Waals surface area contributed by atoms with Crippen LogP contribution in [0.1, 0.15) is 24.0 Å². The molecule has 1 amide bonds. The summed E-state index contributed by atoms with van der Waals surface area (Å²) in [5, 5.41) is 3.01. The van der Waals surface area contributed by atoms with Gasteiger partial charge in [0.1, 0.15) is 0 Å². The van der Waals surface area contributed by atoms with Crippen LogP contribution in [0.4, 0.5) is 0 Å². The van der Waals surface area contributed by atoms with Gasteiger partial charge in [-0.25, -0.2) is 0 Å². The van der Waals surface area contributed by atoms with Gasteiger partial charge in [0, 0.05) is 33.4 Å². The number of methoxy groups -OCH3 is 1. The third-order valence-electron chi connectivity index (χ3n) is 4.08. The van der Waals surface area contributed by atoms with Gasteiger partial charge in [-0.15, -0.1) is 0 Å². The number of hydrogen-bond acceptors (Lipinski definition) is 4. The maximum atomic E-state index is 12.5. The fourth-order valence-corrected chi connectivity index (χ4v) is 2.65. The largest absolute Gasteiger partial charge is 0.381 e. The molecule has 0 saturated carbocycles. The van der Waals surface area contributed by atoms with Crippen molar-refractivity contribution in [2.45, 2.75) is 26.0 Å². The summed E-state index contributed by atoms with van der Waals surface area (Å²) in [5.74, 6) is 0.0328. The lowest BCUT2D eigenvalue weighted by atomic mass is 9.79. The number of rotatable bonds is 6. The van der Waals surface area contributed by atoms with Gasteiger partial charge in [0.15, 0.2) is 0 Å². The predicted octanol–water partition coefficient (Wildman–Crippen LogP) is 1.20. The van der Waals surface area contributed by atoms with Crippen molar-refractivity contribution < 1.29 is 14.3 Å². The van der Waals surface area contributed by atoms with Gasteiger partial charge in [0.2, 0.25) is 5.91 Å². The Kier molecular flexibility index (Phi) is 5.73. The van der Waals surface area contributed by atoms with E-state index in [2.05, 4.69) is 5.32 Å². The van der Waals surface area contributed by atoms with Crippen molar-refractivity contribution in [3.63, 3.8) is 0 Å². The van der Waals surface area contributed by atoms with Gasteiger partial charge >= 0.3 is 0 Å².